The molecule has 5 nitrogen and oxygen atoms in total. The summed E-state index contributed by atoms with van der Waals surface area (Å²) in [5.41, 5.74) is 0. The first-order valence-corrected chi connectivity index (χ1v) is 7.18. The summed E-state index contributed by atoms with van der Waals surface area (Å²) in [5.74, 6) is 0.669. The van der Waals surface area contributed by atoms with Gasteiger partial charge in [0.1, 0.15) is 5.82 Å². The zero-order chi connectivity index (χ0) is 11.4. The molecule has 0 radical (unpaired) electrons. The number of hydrogen-bond donors (Lipinski definition) is 3. The Labute approximate surface area is 95.7 Å². The molecule has 0 aliphatic carbocycles. The Morgan fingerprint density at radius 3 is 2.94 bits per heavy atom. The SMILES string of the molecule is O=S(=O)(CC1CCCCN1)Nc1ccc[nH]1. The third kappa shape index (κ3) is 3.24. The Hall–Kier alpha value is -1.01. The van der Waals surface area contributed by atoms with Crippen LogP contribution in [0.25, 0.3) is 0 Å². The molecule has 1 aromatic rings. The maximum absolute atomic E-state index is 11.8. The Kier molecular flexibility index (Phi) is 3.50. The molecule has 0 bridgehead atoms. The predicted molar refractivity (Wildman–Crippen MR) is 63.8 cm³/mol. The Balaban J connectivity index is 1.92. The number of H-pyrrole nitrogens is 1. The van der Waals surface area contributed by atoms with Gasteiger partial charge in [-0.2, -0.15) is 0 Å². The Bertz CT molecular complexity index is 407. The monoisotopic (exact) mass is 243 g/mol. The maximum Gasteiger partial charge on any atom is 0.235 e. The summed E-state index contributed by atoms with van der Waals surface area (Å²) in [5, 5.41) is 3.23. The van der Waals surface area contributed by atoms with Crippen LogP contribution in [0, 0.1) is 0 Å². The van der Waals surface area contributed by atoms with Gasteiger partial charge in [0.15, 0.2) is 0 Å². The summed E-state index contributed by atoms with van der Waals surface area (Å²) in [7, 11) is -3.25. The Morgan fingerprint density at radius 1 is 1.44 bits per heavy atom. The van der Waals surface area contributed by atoms with Gasteiger partial charge in [0, 0.05) is 12.2 Å². The van der Waals surface area contributed by atoms with E-state index < -0.39 is 10.0 Å². The first-order chi connectivity index (χ1) is 7.66. The third-order valence-electron chi connectivity index (χ3n) is 2.70. The number of nitrogens with one attached hydrogen (secondary N) is 3. The lowest BCUT2D eigenvalue weighted by Crippen LogP contribution is -2.40. The van der Waals surface area contributed by atoms with Crippen molar-refractivity contribution in [2.45, 2.75) is 25.3 Å². The standard InChI is InChI=1S/C10H17N3O2S/c14-16(15,13-10-5-3-7-12-10)8-9-4-1-2-6-11-9/h3,5,7,9,11-13H,1-2,4,6,8H2. The van der Waals surface area contributed by atoms with Crippen molar-refractivity contribution in [2.75, 3.05) is 17.0 Å². The molecule has 90 valence electrons. The summed E-state index contributed by atoms with van der Waals surface area (Å²) in [6.45, 7) is 0.919. The van der Waals surface area contributed by atoms with Crippen LogP contribution in [0.4, 0.5) is 5.82 Å². The van der Waals surface area contributed by atoms with Crippen molar-refractivity contribution in [3.05, 3.63) is 18.3 Å². The average Bonchev–Trinajstić information content (AvgIpc) is 2.70. The summed E-state index contributed by atoms with van der Waals surface area (Å²) >= 11 is 0. The fraction of sp³-hybridized carbons (Fsp3) is 0.600. The summed E-state index contributed by atoms with van der Waals surface area (Å²) < 4.78 is 26.1. The molecule has 0 aromatic carbocycles. The second-order valence-electron chi connectivity index (χ2n) is 4.11. The molecular formula is C10H17N3O2S. The fourth-order valence-electron chi connectivity index (χ4n) is 1.93. The number of aromatic nitrogens is 1. The van der Waals surface area contributed by atoms with E-state index in [4.69, 9.17) is 0 Å². The highest BCUT2D eigenvalue weighted by Crippen LogP contribution is 2.11. The highest BCUT2D eigenvalue weighted by Gasteiger charge is 2.20. The molecule has 1 atom stereocenters. The van der Waals surface area contributed by atoms with Crippen molar-refractivity contribution < 1.29 is 8.42 Å². The molecule has 2 rings (SSSR count). The van der Waals surface area contributed by atoms with E-state index in [1.54, 1.807) is 18.3 Å². The molecule has 6 heteroatoms. The van der Waals surface area contributed by atoms with Crippen molar-refractivity contribution in [1.29, 1.82) is 0 Å². The van der Waals surface area contributed by atoms with Crippen LogP contribution in [0.5, 0.6) is 0 Å². The highest BCUT2D eigenvalue weighted by atomic mass is 32.2. The van der Waals surface area contributed by atoms with Gasteiger partial charge in [0.2, 0.25) is 10.0 Å². The van der Waals surface area contributed by atoms with Gasteiger partial charge in [-0.1, -0.05) is 6.42 Å². The number of rotatable bonds is 4. The first kappa shape index (κ1) is 11.5. The molecule has 16 heavy (non-hydrogen) atoms. The molecule has 2 heterocycles. The lowest BCUT2D eigenvalue weighted by atomic mass is 10.1. The van der Waals surface area contributed by atoms with E-state index in [0.717, 1.165) is 25.8 Å². The van der Waals surface area contributed by atoms with Gasteiger partial charge < -0.3 is 10.3 Å². The summed E-state index contributed by atoms with van der Waals surface area (Å²) in [4.78, 5) is 2.82. The number of anilines is 1. The van der Waals surface area contributed by atoms with Crippen LogP contribution in [0.15, 0.2) is 18.3 Å². The molecular weight excluding hydrogens is 226 g/mol. The largest absolute Gasteiger partial charge is 0.348 e. The van der Waals surface area contributed by atoms with Crippen LogP contribution < -0.4 is 10.0 Å². The minimum absolute atomic E-state index is 0.0845. The van der Waals surface area contributed by atoms with Crippen molar-refractivity contribution in [2.24, 2.45) is 0 Å². The second-order valence-corrected chi connectivity index (χ2v) is 5.88. The second kappa shape index (κ2) is 4.88. The van der Waals surface area contributed by atoms with Crippen LogP contribution in [0.3, 0.4) is 0 Å². The molecule has 1 aromatic heterocycles. The van der Waals surface area contributed by atoms with E-state index in [2.05, 4.69) is 15.0 Å². The smallest absolute Gasteiger partial charge is 0.235 e. The van der Waals surface area contributed by atoms with Crippen molar-refractivity contribution in [1.82, 2.24) is 10.3 Å². The average molecular weight is 243 g/mol. The van der Waals surface area contributed by atoms with E-state index in [0.29, 0.717) is 5.82 Å². The molecule has 1 unspecified atom stereocenters. The van der Waals surface area contributed by atoms with Crippen LogP contribution >= 0.6 is 0 Å². The van der Waals surface area contributed by atoms with Crippen LogP contribution in [0.2, 0.25) is 0 Å². The van der Waals surface area contributed by atoms with E-state index in [1.807, 2.05) is 0 Å². The minimum Gasteiger partial charge on any atom is -0.348 e. The summed E-state index contributed by atoms with van der Waals surface area (Å²) in [6, 6.07) is 3.55. The zero-order valence-electron chi connectivity index (χ0n) is 9.07. The molecule has 1 aliphatic heterocycles. The molecule has 0 saturated carbocycles. The van der Waals surface area contributed by atoms with Crippen molar-refractivity contribution >= 4 is 15.8 Å². The van der Waals surface area contributed by atoms with Gasteiger partial charge in [0.05, 0.1) is 5.75 Å². The molecule has 1 saturated heterocycles. The quantitative estimate of drug-likeness (QED) is 0.735. The third-order valence-corrected chi connectivity index (χ3v) is 4.07. The summed E-state index contributed by atoms with van der Waals surface area (Å²) in [6.07, 6.45) is 4.87. The fourth-order valence-corrected chi connectivity index (χ4v) is 3.29. The van der Waals surface area contributed by atoms with Gasteiger partial charge >= 0.3 is 0 Å². The van der Waals surface area contributed by atoms with Crippen molar-refractivity contribution in [3.8, 4) is 0 Å². The van der Waals surface area contributed by atoms with Gasteiger partial charge in [-0.05, 0) is 31.5 Å². The molecule has 1 aliphatic rings. The topological polar surface area (TPSA) is 74.0 Å². The molecule has 1 fully saturated rings. The maximum atomic E-state index is 11.8. The van der Waals surface area contributed by atoms with Crippen LogP contribution in [-0.2, 0) is 10.0 Å². The normalized spacial score (nSPS) is 21.9. The van der Waals surface area contributed by atoms with Crippen LogP contribution in [-0.4, -0.2) is 31.7 Å². The lowest BCUT2D eigenvalue weighted by Gasteiger charge is -2.23. The number of aromatic amines is 1. The zero-order valence-corrected chi connectivity index (χ0v) is 9.89. The molecule has 0 amide bonds. The van der Waals surface area contributed by atoms with Crippen LogP contribution in [0.1, 0.15) is 19.3 Å². The van der Waals surface area contributed by atoms with E-state index in [1.165, 1.54) is 0 Å². The van der Waals surface area contributed by atoms with Crippen molar-refractivity contribution in [3.63, 3.8) is 0 Å². The molecule has 3 N–H and O–H groups in total. The first-order valence-electron chi connectivity index (χ1n) is 5.53. The van der Waals surface area contributed by atoms with Gasteiger partial charge in [-0.25, -0.2) is 8.42 Å². The Morgan fingerprint density at radius 2 is 2.31 bits per heavy atom. The molecule has 0 spiro atoms. The van der Waals surface area contributed by atoms with E-state index in [9.17, 15) is 8.42 Å². The number of hydrogen-bond acceptors (Lipinski definition) is 3. The van der Waals surface area contributed by atoms with Gasteiger partial charge in [0.25, 0.3) is 0 Å². The van der Waals surface area contributed by atoms with Gasteiger partial charge in [-0.15, -0.1) is 0 Å². The van der Waals surface area contributed by atoms with E-state index in [-0.39, 0.29) is 11.8 Å². The number of piperidine rings is 1. The highest BCUT2D eigenvalue weighted by molar-refractivity contribution is 7.92. The lowest BCUT2D eigenvalue weighted by molar-refractivity contribution is 0.424. The predicted octanol–water partition coefficient (Wildman–Crippen LogP) is 0.898. The minimum atomic E-state index is -3.25. The van der Waals surface area contributed by atoms with Gasteiger partial charge in [-0.3, -0.25) is 4.72 Å². The van der Waals surface area contributed by atoms with E-state index >= 15 is 0 Å². The number of sulfonamides is 1.